The number of aromatic nitrogens is 3. The Morgan fingerprint density at radius 1 is 1.07 bits per heavy atom. The molecular formula is C19H18Cl2N4OS. The maximum atomic E-state index is 12.4. The van der Waals surface area contributed by atoms with Crippen LogP contribution in [0.1, 0.15) is 34.7 Å². The van der Waals surface area contributed by atoms with Gasteiger partial charge in [-0.3, -0.25) is 4.79 Å². The maximum Gasteiger partial charge on any atom is 0.251 e. The van der Waals surface area contributed by atoms with E-state index in [1.165, 1.54) is 0 Å². The normalized spacial score (nSPS) is 12.0. The second kappa shape index (κ2) is 8.78. The fraction of sp³-hybridized carbons (Fsp3) is 0.211. The number of nitrogens with zero attached hydrogens (tertiary/aromatic N) is 3. The Hall–Kier alpha value is -2.02. The van der Waals surface area contributed by atoms with Crippen LogP contribution in [0.3, 0.4) is 0 Å². The lowest BCUT2D eigenvalue weighted by molar-refractivity contribution is 0.0937. The van der Waals surface area contributed by atoms with E-state index in [0.29, 0.717) is 16.4 Å². The van der Waals surface area contributed by atoms with Crippen molar-refractivity contribution in [3.63, 3.8) is 0 Å². The molecule has 0 aliphatic rings. The Morgan fingerprint density at radius 3 is 2.30 bits per heavy atom. The molecule has 3 rings (SSSR count). The average molecular weight is 421 g/mol. The Balaban J connectivity index is 1.64. The predicted octanol–water partition coefficient (Wildman–Crippen LogP) is 4.91. The molecule has 0 aliphatic heterocycles. The molecule has 0 bridgehead atoms. The van der Waals surface area contributed by atoms with Crippen molar-refractivity contribution in [3.8, 4) is 0 Å². The number of hydrogen-bond acceptors (Lipinski definition) is 4. The highest BCUT2D eigenvalue weighted by Crippen LogP contribution is 2.24. The summed E-state index contributed by atoms with van der Waals surface area (Å²) in [4.78, 5) is 12.4. The van der Waals surface area contributed by atoms with Crippen molar-refractivity contribution in [1.29, 1.82) is 0 Å². The van der Waals surface area contributed by atoms with Crippen LogP contribution in [0.25, 0.3) is 0 Å². The molecule has 0 radical (unpaired) electrons. The van der Waals surface area contributed by atoms with Crippen molar-refractivity contribution >= 4 is 40.9 Å². The Kier molecular flexibility index (Phi) is 6.42. The minimum Gasteiger partial charge on any atom is -0.342 e. The van der Waals surface area contributed by atoms with Crippen molar-refractivity contribution in [2.75, 3.05) is 0 Å². The SMILES string of the molecule is C[C@H](NC(=O)c1ccc(Cl)cc1)c1nnc(SCc2ccc(Cl)cc2)n1C. The summed E-state index contributed by atoms with van der Waals surface area (Å²) in [6.07, 6.45) is 0. The van der Waals surface area contributed by atoms with Crippen LogP contribution in [0.5, 0.6) is 0 Å². The van der Waals surface area contributed by atoms with Crippen molar-refractivity contribution < 1.29 is 4.79 Å². The average Bonchev–Trinajstić information content (AvgIpc) is 3.02. The molecule has 5 nitrogen and oxygen atoms in total. The number of benzene rings is 2. The molecule has 0 aliphatic carbocycles. The molecule has 1 atom stereocenters. The van der Waals surface area contributed by atoms with Gasteiger partial charge in [0.1, 0.15) is 0 Å². The maximum absolute atomic E-state index is 12.4. The van der Waals surface area contributed by atoms with Gasteiger partial charge in [-0.1, -0.05) is 47.1 Å². The molecular weight excluding hydrogens is 403 g/mol. The van der Waals surface area contributed by atoms with Gasteiger partial charge in [0, 0.05) is 28.4 Å². The summed E-state index contributed by atoms with van der Waals surface area (Å²) >= 11 is 13.4. The number of thioether (sulfide) groups is 1. The van der Waals surface area contributed by atoms with Crippen LogP contribution < -0.4 is 5.32 Å². The second-order valence-electron chi connectivity index (χ2n) is 6.02. The molecule has 1 heterocycles. The molecule has 3 aromatic rings. The lowest BCUT2D eigenvalue weighted by atomic mass is 10.2. The van der Waals surface area contributed by atoms with E-state index >= 15 is 0 Å². The standard InChI is InChI=1S/C19H18Cl2N4OS/c1-12(22-18(26)14-5-9-16(21)10-6-14)17-23-24-19(25(17)2)27-11-13-3-7-15(20)8-4-13/h3-10,12H,11H2,1-2H3,(H,22,26)/t12-/m0/s1. The summed E-state index contributed by atoms with van der Waals surface area (Å²) < 4.78 is 1.90. The van der Waals surface area contributed by atoms with Gasteiger partial charge in [0.05, 0.1) is 6.04 Å². The fourth-order valence-corrected chi connectivity index (χ4v) is 3.63. The van der Waals surface area contributed by atoms with Crippen molar-refractivity contribution in [2.45, 2.75) is 23.9 Å². The minimum atomic E-state index is -0.282. The number of halogens is 2. The number of hydrogen-bond donors (Lipinski definition) is 1. The summed E-state index contributed by atoms with van der Waals surface area (Å²) in [5, 5.41) is 13.5. The van der Waals surface area contributed by atoms with E-state index in [-0.39, 0.29) is 11.9 Å². The largest absolute Gasteiger partial charge is 0.342 e. The molecule has 0 saturated heterocycles. The van der Waals surface area contributed by atoms with Crippen molar-refractivity contribution in [1.82, 2.24) is 20.1 Å². The van der Waals surface area contributed by atoms with Crippen LogP contribution in [0.2, 0.25) is 10.0 Å². The summed E-state index contributed by atoms with van der Waals surface area (Å²) in [7, 11) is 1.89. The number of amides is 1. The Morgan fingerprint density at radius 2 is 1.67 bits per heavy atom. The van der Waals surface area contributed by atoms with E-state index in [2.05, 4.69) is 15.5 Å². The molecule has 1 aromatic heterocycles. The molecule has 0 unspecified atom stereocenters. The predicted molar refractivity (Wildman–Crippen MR) is 109 cm³/mol. The van der Waals surface area contributed by atoms with Crippen molar-refractivity contribution in [3.05, 3.63) is 75.5 Å². The van der Waals surface area contributed by atoms with Gasteiger partial charge in [0.2, 0.25) is 0 Å². The van der Waals surface area contributed by atoms with Gasteiger partial charge in [-0.05, 0) is 48.9 Å². The molecule has 8 heteroatoms. The molecule has 0 fully saturated rings. The third-order valence-corrected chi connectivity index (χ3v) is 5.59. The highest BCUT2D eigenvalue weighted by Gasteiger charge is 2.18. The fourth-order valence-electron chi connectivity index (χ4n) is 2.50. The molecule has 2 aromatic carbocycles. The smallest absolute Gasteiger partial charge is 0.251 e. The van der Waals surface area contributed by atoms with Gasteiger partial charge in [-0.15, -0.1) is 10.2 Å². The molecule has 140 valence electrons. The van der Waals surface area contributed by atoms with Crippen LogP contribution in [-0.4, -0.2) is 20.7 Å². The van der Waals surface area contributed by atoms with Gasteiger partial charge in [-0.25, -0.2) is 0 Å². The van der Waals surface area contributed by atoms with E-state index < -0.39 is 0 Å². The number of nitrogens with one attached hydrogen (secondary N) is 1. The quantitative estimate of drug-likeness (QED) is 0.575. The van der Waals surface area contributed by atoms with E-state index in [0.717, 1.165) is 21.5 Å². The van der Waals surface area contributed by atoms with Gasteiger partial charge in [0.25, 0.3) is 5.91 Å². The summed E-state index contributed by atoms with van der Waals surface area (Å²) in [5.74, 6) is 1.27. The number of carbonyl (C=O) groups excluding carboxylic acids is 1. The first kappa shape index (κ1) is 19.7. The van der Waals surface area contributed by atoms with E-state index in [4.69, 9.17) is 23.2 Å². The van der Waals surface area contributed by atoms with Gasteiger partial charge >= 0.3 is 0 Å². The zero-order chi connectivity index (χ0) is 19.4. The topological polar surface area (TPSA) is 59.8 Å². The number of rotatable bonds is 6. The van der Waals surface area contributed by atoms with E-state index in [9.17, 15) is 4.79 Å². The zero-order valence-corrected chi connectivity index (χ0v) is 17.1. The zero-order valence-electron chi connectivity index (χ0n) is 14.8. The van der Waals surface area contributed by atoms with Crippen LogP contribution in [-0.2, 0) is 12.8 Å². The molecule has 0 spiro atoms. The third kappa shape index (κ3) is 5.03. The highest BCUT2D eigenvalue weighted by molar-refractivity contribution is 7.98. The lowest BCUT2D eigenvalue weighted by Gasteiger charge is -2.13. The second-order valence-corrected chi connectivity index (χ2v) is 7.83. The van der Waals surface area contributed by atoms with E-state index in [1.807, 2.05) is 42.8 Å². The van der Waals surface area contributed by atoms with Crippen LogP contribution in [0.15, 0.2) is 53.7 Å². The molecule has 1 amide bonds. The lowest BCUT2D eigenvalue weighted by Crippen LogP contribution is -2.28. The Labute approximate surface area is 172 Å². The van der Waals surface area contributed by atoms with Gasteiger partial charge < -0.3 is 9.88 Å². The van der Waals surface area contributed by atoms with Crippen molar-refractivity contribution in [2.24, 2.45) is 7.05 Å². The third-order valence-electron chi connectivity index (χ3n) is 3.99. The number of carbonyl (C=O) groups is 1. The summed E-state index contributed by atoms with van der Waals surface area (Å²) in [6, 6.07) is 14.2. The Bertz CT molecular complexity index is 926. The first-order chi connectivity index (χ1) is 12.9. The summed E-state index contributed by atoms with van der Waals surface area (Å²) in [6.45, 7) is 1.88. The van der Waals surface area contributed by atoms with Crippen LogP contribution in [0, 0.1) is 0 Å². The first-order valence-corrected chi connectivity index (χ1v) is 10.0. The monoisotopic (exact) mass is 420 g/mol. The molecule has 0 saturated carbocycles. The van der Waals surface area contributed by atoms with Gasteiger partial charge in [-0.2, -0.15) is 0 Å². The van der Waals surface area contributed by atoms with Crippen LogP contribution in [0.4, 0.5) is 0 Å². The summed E-state index contributed by atoms with van der Waals surface area (Å²) in [5.41, 5.74) is 1.70. The van der Waals surface area contributed by atoms with Crippen LogP contribution >= 0.6 is 35.0 Å². The van der Waals surface area contributed by atoms with Gasteiger partial charge in [0.15, 0.2) is 11.0 Å². The molecule has 27 heavy (non-hydrogen) atoms. The first-order valence-electron chi connectivity index (χ1n) is 8.27. The molecule has 1 N–H and O–H groups in total. The highest BCUT2D eigenvalue weighted by atomic mass is 35.5. The van der Waals surface area contributed by atoms with E-state index in [1.54, 1.807) is 36.0 Å². The minimum absolute atomic E-state index is 0.183.